The van der Waals surface area contributed by atoms with Gasteiger partial charge in [-0.15, -0.1) is 0 Å². The van der Waals surface area contributed by atoms with Crippen molar-refractivity contribution in [2.24, 2.45) is 0 Å². The largest absolute Gasteiger partial charge is 0.230 e. The maximum atomic E-state index is 4.17. The summed E-state index contributed by atoms with van der Waals surface area (Å²) in [5.41, 5.74) is 0. The first-order chi connectivity index (χ1) is 7.93. The van der Waals surface area contributed by atoms with Gasteiger partial charge in [0.1, 0.15) is 0 Å². The van der Waals surface area contributed by atoms with E-state index in [-0.39, 0.29) is 0 Å². The van der Waals surface area contributed by atoms with Gasteiger partial charge in [-0.05, 0) is 23.3 Å². The lowest BCUT2D eigenvalue weighted by molar-refractivity contribution is 0.627. The highest BCUT2D eigenvalue weighted by molar-refractivity contribution is 8.76. The van der Waals surface area contributed by atoms with Crippen molar-refractivity contribution in [2.75, 3.05) is 5.75 Å². The Hall–Kier alpha value is -0.220. The van der Waals surface area contributed by atoms with Crippen LogP contribution in [0.4, 0.5) is 0 Å². The highest BCUT2D eigenvalue weighted by Gasteiger charge is 1.96. The Morgan fingerprint density at radius 2 is 1.69 bits per heavy atom. The van der Waals surface area contributed by atoms with Gasteiger partial charge in [0.2, 0.25) is 0 Å². The summed E-state index contributed by atoms with van der Waals surface area (Å²) in [6, 6.07) is 1.85. The molecule has 0 saturated heterocycles. The van der Waals surface area contributed by atoms with Crippen LogP contribution in [0.5, 0.6) is 0 Å². The maximum Gasteiger partial charge on any atom is 0.198 e. The summed E-state index contributed by atoms with van der Waals surface area (Å²) in [4.78, 5) is 8.34. The van der Waals surface area contributed by atoms with E-state index < -0.39 is 0 Å². The van der Waals surface area contributed by atoms with E-state index in [0.29, 0.717) is 0 Å². The highest BCUT2D eigenvalue weighted by Crippen LogP contribution is 2.28. The summed E-state index contributed by atoms with van der Waals surface area (Å²) in [6.45, 7) is 2.26. The predicted octanol–water partition coefficient (Wildman–Crippen LogP) is 4.58. The van der Waals surface area contributed by atoms with Gasteiger partial charge in [-0.25, -0.2) is 9.97 Å². The molecule has 1 aromatic rings. The third-order valence-electron chi connectivity index (χ3n) is 2.26. The summed E-state index contributed by atoms with van der Waals surface area (Å²) in [6.07, 6.45) is 11.8. The third-order valence-corrected chi connectivity index (χ3v) is 4.49. The average Bonchev–Trinajstić information content (AvgIpc) is 2.34. The summed E-state index contributed by atoms with van der Waals surface area (Å²) < 4.78 is 0. The second kappa shape index (κ2) is 9.97. The van der Waals surface area contributed by atoms with Gasteiger partial charge in [0, 0.05) is 18.1 Å². The molecule has 16 heavy (non-hydrogen) atoms. The van der Waals surface area contributed by atoms with E-state index in [9.17, 15) is 0 Å². The van der Waals surface area contributed by atoms with E-state index in [1.165, 1.54) is 44.3 Å². The normalized spacial score (nSPS) is 10.6. The first kappa shape index (κ1) is 13.8. The van der Waals surface area contributed by atoms with Crippen molar-refractivity contribution in [2.45, 2.75) is 50.6 Å². The van der Waals surface area contributed by atoms with Crippen LogP contribution in [0, 0.1) is 0 Å². The monoisotopic (exact) mass is 256 g/mol. The summed E-state index contributed by atoms with van der Waals surface area (Å²) in [7, 11) is 3.54. The second-order valence-electron chi connectivity index (χ2n) is 3.70. The lowest BCUT2D eigenvalue weighted by atomic mass is 10.1. The van der Waals surface area contributed by atoms with Crippen molar-refractivity contribution in [1.29, 1.82) is 0 Å². The number of nitrogens with zero attached hydrogens (tertiary/aromatic N) is 2. The highest BCUT2D eigenvalue weighted by atomic mass is 33.1. The van der Waals surface area contributed by atoms with E-state index in [4.69, 9.17) is 0 Å². The average molecular weight is 256 g/mol. The van der Waals surface area contributed by atoms with Crippen LogP contribution in [0.1, 0.15) is 45.4 Å². The Labute approximate surface area is 106 Å². The molecule has 0 aliphatic rings. The number of rotatable bonds is 9. The molecule has 1 rings (SSSR count). The smallest absolute Gasteiger partial charge is 0.198 e. The summed E-state index contributed by atoms with van der Waals surface area (Å²) in [5, 5.41) is 0.874. The molecule has 0 amide bonds. The second-order valence-corrected chi connectivity index (χ2v) is 6.09. The van der Waals surface area contributed by atoms with Crippen LogP contribution in [-0.4, -0.2) is 15.7 Å². The van der Waals surface area contributed by atoms with Crippen LogP contribution >= 0.6 is 21.6 Å². The number of hydrogen-bond donors (Lipinski definition) is 0. The van der Waals surface area contributed by atoms with Crippen molar-refractivity contribution in [3.05, 3.63) is 18.5 Å². The summed E-state index contributed by atoms with van der Waals surface area (Å²) >= 11 is 0. The van der Waals surface area contributed by atoms with Gasteiger partial charge >= 0.3 is 0 Å². The number of hydrogen-bond acceptors (Lipinski definition) is 4. The number of aromatic nitrogens is 2. The zero-order valence-electron chi connectivity index (χ0n) is 9.89. The van der Waals surface area contributed by atoms with Gasteiger partial charge in [-0.2, -0.15) is 0 Å². The fraction of sp³-hybridized carbons (Fsp3) is 0.667. The molecule has 0 atom stereocenters. The molecular formula is C12H20N2S2. The molecule has 1 heterocycles. The molecule has 0 saturated carbocycles. The number of unbranched alkanes of at least 4 members (excludes halogenated alkanes) is 5. The van der Waals surface area contributed by atoms with E-state index in [2.05, 4.69) is 16.9 Å². The van der Waals surface area contributed by atoms with Crippen LogP contribution in [0.15, 0.2) is 23.6 Å². The molecule has 0 aromatic carbocycles. The topological polar surface area (TPSA) is 25.8 Å². The van der Waals surface area contributed by atoms with Gasteiger partial charge in [0.25, 0.3) is 0 Å². The third kappa shape index (κ3) is 7.12. The summed E-state index contributed by atoms with van der Waals surface area (Å²) in [5.74, 6) is 1.20. The fourth-order valence-electron chi connectivity index (χ4n) is 1.36. The van der Waals surface area contributed by atoms with Crippen molar-refractivity contribution in [3.8, 4) is 0 Å². The molecular weight excluding hydrogens is 236 g/mol. The van der Waals surface area contributed by atoms with Crippen molar-refractivity contribution in [1.82, 2.24) is 9.97 Å². The predicted molar refractivity (Wildman–Crippen MR) is 73.7 cm³/mol. The SMILES string of the molecule is CCCCCCCCSSc1ncccn1. The van der Waals surface area contributed by atoms with Crippen LogP contribution in [0.3, 0.4) is 0 Å². The Balaban J connectivity index is 1.89. The van der Waals surface area contributed by atoms with Crippen molar-refractivity contribution in [3.63, 3.8) is 0 Å². The minimum Gasteiger partial charge on any atom is -0.230 e. The molecule has 4 heteroatoms. The fourth-order valence-corrected chi connectivity index (χ4v) is 3.26. The van der Waals surface area contributed by atoms with Gasteiger partial charge in [0.05, 0.1) is 0 Å². The quantitative estimate of drug-likeness (QED) is 0.367. The molecule has 0 bridgehead atoms. The van der Waals surface area contributed by atoms with Crippen LogP contribution in [0.2, 0.25) is 0 Å². The van der Waals surface area contributed by atoms with Crippen LogP contribution < -0.4 is 0 Å². The molecule has 90 valence electrons. The molecule has 1 aromatic heterocycles. The van der Waals surface area contributed by atoms with Crippen molar-refractivity contribution >= 4 is 21.6 Å². The minimum absolute atomic E-state index is 0.874. The van der Waals surface area contributed by atoms with Gasteiger partial charge < -0.3 is 0 Å². The zero-order chi connectivity index (χ0) is 11.5. The molecule has 0 aliphatic carbocycles. The molecule has 0 N–H and O–H groups in total. The Morgan fingerprint density at radius 1 is 1.00 bits per heavy atom. The standard InChI is InChI=1S/C12H20N2S2/c1-2-3-4-5-6-7-11-15-16-12-13-9-8-10-14-12/h8-10H,2-7,11H2,1H3. The molecule has 0 aliphatic heterocycles. The minimum atomic E-state index is 0.874. The maximum absolute atomic E-state index is 4.17. The van der Waals surface area contributed by atoms with Gasteiger partial charge in [-0.3, -0.25) is 0 Å². The van der Waals surface area contributed by atoms with E-state index in [1.54, 1.807) is 23.2 Å². The lowest BCUT2D eigenvalue weighted by Crippen LogP contribution is -1.83. The van der Waals surface area contributed by atoms with E-state index in [0.717, 1.165) is 5.16 Å². The Kier molecular flexibility index (Phi) is 8.62. The van der Waals surface area contributed by atoms with Crippen molar-refractivity contribution < 1.29 is 0 Å². The van der Waals surface area contributed by atoms with E-state index in [1.807, 2.05) is 16.9 Å². The van der Waals surface area contributed by atoms with Gasteiger partial charge in [0.15, 0.2) is 5.16 Å². The first-order valence-corrected chi connectivity index (χ1v) is 8.32. The van der Waals surface area contributed by atoms with Crippen LogP contribution in [-0.2, 0) is 0 Å². The molecule has 0 radical (unpaired) electrons. The Bertz CT molecular complexity index is 254. The van der Waals surface area contributed by atoms with Gasteiger partial charge in [-0.1, -0.05) is 49.8 Å². The zero-order valence-corrected chi connectivity index (χ0v) is 11.5. The van der Waals surface area contributed by atoms with E-state index >= 15 is 0 Å². The molecule has 0 spiro atoms. The Morgan fingerprint density at radius 3 is 2.44 bits per heavy atom. The lowest BCUT2D eigenvalue weighted by Gasteiger charge is -2.00. The molecule has 0 fully saturated rings. The first-order valence-electron chi connectivity index (χ1n) is 6.00. The van der Waals surface area contributed by atoms with Crippen LogP contribution in [0.25, 0.3) is 0 Å². The molecule has 2 nitrogen and oxygen atoms in total. The molecule has 0 unspecified atom stereocenters.